The molecule has 1 fully saturated rings. The highest BCUT2D eigenvalue weighted by Crippen LogP contribution is 2.43. The number of aliphatic hydroxyl groups excluding tert-OH is 2. The van der Waals surface area contributed by atoms with Crippen LogP contribution in [0.25, 0.3) is 11.3 Å². The fraction of sp³-hybridized carbons (Fsp3) is 0.500. The van der Waals surface area contributed by atoms with Crippen LogP contribution in [0.3, 0.4) is 0 Å². The van der Waals surface area contributed by atoms with Gasteiger partial charge in [-0.25, -0.2) is 9.37 Å². The minimum atomic E-state index is -0.492. The molecule has 0 unspecified atom stereocenters. The highest BCUT2D eigenvalue weighted by atomic mass is 19.1. The molecule has 2 aromatic rings. The summed E-state index contributed by atoms with van der Waals surface area (Å²) < 4.78 is 16.3. The molecule has 5 heteroatoms. The number of hydrogen-bond donors (Lipinski definition) is 2. The van der Waals surface area contributed by atoms with Crippen LogP contribution in [0.2, 0.25) is 0 Å². The topological polar surface area (TPSA) is 58.3 Å². The molecule has 1 saturated carbocycles. The highest BCUT2D eigenvalue weighted by Gasteiger charge is 2.35. The number of nitrogens with zero attached hydrogens (tertiary/aromatic N) is 2. The van der Waals surface area contributed by atoms with Crippen LogP contribution in [0.4, 0.5) is 4.39 Å². The van der Waals surface area contributed by atoms with Crippen LogP contribution in [-0.4, -0.2) is 32.0 Å². The van der Waals surface area contributed by atoms with Gasteiger partial charge in [0.15, 0.2) is 0 Å². The molecule has 2 atom stereocenters. The van der Waals surface area contributed by atoms with Crippen molar-refractivity contribution in [3.63, 3.8) is 0 Å². The summed E-state index contributed by atoms with van der Waals surface area (Å²) in [5.74, 6) is -0.0383. The Morgan fingerprint density at radius 1 is 1.26 bits per heavy atom. The van der Waals surface area contributed by atoms with Gasteiger partial charge in [0.2, 0.25) is 0 Å². The van der Waals surface area contributed by atoms with Crippen molar-refractivity contribution in [2.45, 2.75) is 50.4 Å². The van der Waals surface area contributed by atoms with Crippen LogP contribution in [0.1, 0.15) is 43.7 Å². The average molecular weight is 316 g/mol. The first-order chi connectivity index (χ1) is 11.1. The van der Waals surface area contributed by atoms with Crippen LogP contribution >= 0.6 is 0 Å². The molecule has 23 heavy (non-hydrogen) atoms. The number of benzene rings is 1. The van der Waals surface area contributed by atoms with Crippen LogP contribution < -0.4 is 0 Å². The van der Waals surface area contributed by atoms with E-state index in [1.807, 2.05) is 10.6 Å². The maximum atomic E-state index is 14.4. The molecule has 2 aliphatic rings. The largest absolute Gasteiger partial charge is 0.393 e. The number of hydrogen-bond acceptors (Lipinski definition) is 3. The molecular weight excluding hydrogens is 295 g/mol. The third-order valence-electron chi connectivity index (χ3n) is 5.41. The second-order valence-electron chi connectivity index (χ2n) is 6.77. The molecule has 0 bridgehead atoms. The molecular formula is C18H21FN2O2. The summed E-state index contributed by atoms with van der Waals surface area (Å²) in [4.78, 5) is 4.18. The number of imidazole rings is 1. The maximum absolute atomic E-state index is 14.4. The SMILES string of the molecule is O[C@H](C[C@H]1c2c(F)cccc2-c2cncn21)[C@H]1CC[C@@H](O)CC1. The number of aromatic nitrogens is 2. The molecule has 4 rings (SSSR count). The number of fused-ring (bicyclic) bond motifs is 3. The van der Waals surface area contributed by atoms with Crippen molar-refractivity contribution >= 4 is 0 Å². The molecule has 1 aromatic heterocycles. The fourth-order valence-corrected chi connectivity index (χ4v) is 4.14. The van der Waals surface area contributed by atoms with E-state index < -0.39 is 6.10 Å². The smallest absolute Gasteiger partial charge is 0.129 e. The third-order valence-corrected chi connectivity index (χ3v) is 5.41. The molecule has 0 saturated heterocycles. The summed E-state index contributed by atoms with van der Waals surface area (Å²) in [6.45, 7) is 0. The van der Waals surface area contributed by atoms with Gasteiger partial charge in [0, 0.05) is 11.1 Å². The van der Waals surface area contributed by atoms with E-state index in [9.17, 15) is 14.6 Å². The molecule has 122 valence electrons. The minimum absolute atomic E-state index is 0.182. The second kappa shape index (κ2) is 5.73. The van der Waals surface area contributed by atoms with E-state index in [2.05, 4.69) is 4.98 Å². The van der Waals surface area contributed by atoms with Crippen molar-refractivity contribution in [2.75, 3.05) is 0 Å². The van der Waals surface area contributed by atoms with Crippen molar-refractivity contribution < 1.29 is 14.6 Å². The number of aliphatic hydroxyl groups is 2. The van der Waals surface area contributed by atoms with Gasteiger partial charge in [-0.3, -0.25) is 0 Å². The minimum Gasteiger partial charge on any atom is -0.393 e. The Hall–Kier alpha value is -1.72. The van der Waals surface area contributed by atoms with E-state index in [-0.39, 0.29) is 23.9 Å². The summed E-state index contributed by atoms with van der Waals surface area (Å²) in [6, 6.07) is 4.91. The van der Waals surface area contributed by atoms with Gasteiger partial charge >= 0.3 is 0 Å². The summed E-state index contributed by atoms with van der Waals surface area (Å²) >= 11 is 0. The molecule has 2 N–H and O–H groups in total. The van der Waals surface area contributed by atoms with Gasteiger partial charge in [-0.05, 0) is 44.1 Å². The van der Waals surface area contributed by atoms with Gasteiger partial charge in [-0.2, -0.15) is 0 Å². The lowest BCUT2D eigenvalue weighted by Crippen LogP contribution is -2.29. The Morgan fingerprint density at radius 3 is 2.83 bits per heavy atom. The van der Waals surface area contributed by atoms with Crippen LogP contribution in [-0.2, 0) is 0 Å². The first kappa shape index (κ1) is 14.8. The van der Waals surface area contributed by atoms with E-state index in [4.69, 9.17) is 0 Å². The number of rotatable bonds is 3. The molecule has 0 amide bonds. The zero-order valence-corrected chi connectivity index (χ0v) is 12.9. The molecule has 1 aliphatic heterocycles. The Labute approximate surface area is 134 Å². The monoisotopic (exact) mass is 316 g/mol. The normalized spacial score (nSPS) is 27.5. The van der Waals surface area contributed by atoms with E-state index in [1.165, 1.54) is 6.07 Å². The Kier molecular flexibility index (Phi) is 3.70. The van der Waals surface area contributed by atoms with Gasteiger partial charge < -0.3 is 14.8 Å². The quantitative estimate of drug-likeness (QED) is 0.915. The first-order valence-electron chi connectivity index (χ1n) is 8.32. The summed E-state index contributed by atoms with van der Waals surface area (Å²) in [5, 5.41) is 20.3. The third kappa shape index (κ3) is 2.48. The fourth-order valence-electron chi connectivity index (χ4n) is 4.14. The van der Waals surface area contributed by atoms with E-state index in [0.717, 1.165) is 36.9 Å². The van der Waals surface area contributed by atoms with Crippen LogP contribution in [0, 0.1) is 11.7 Å². The molecule has 1 aliphatic carbocycles. The van der Waals surface area contributed by atoms with Gasteiger partial charge in [0.05, 0.1) is 36.5 Å². The van der Waals surface area contributed by atoms with Crippen molar-refractivity contribution in [1.82, 2.24) is 9.55 Å². The molecule has 0 radical (unpaired) electrons. The van der Waals surface area contributed by atoms with Crippen molar-refractivity contribution in [3.05, 3.63) is 42.1 Å². The van der Waals surface area contributed by atoms with Gasteiger partial charge in [-0.1, -0.05) is 12.1 Å². The Balaban J connectivity index is 1.60. The summed E-state index contributed by atoms with van der Waals surface area (Å²) in [5.41, 5.74) is 2.45. The van der Waals surface area contributed by atoms with Crippen molar-refractivity contribution in [3.8, 4) is 11.3 Å². The van der Waals surface area contributed by atoms with E-state index >= 15 is 0 Å². The second-order valence-corrected chi connectivity index (χ2v) is 6.77. The predicted octanol–water partition coefficient (Wildman–Crippen LogP) is 2.89. The van der Waals surface area contributed by atoms with Gasteiger partial charge in [0.1, 0.15) is 5.82 Å². The van der Waals surface area contributed by atoms with E-state index in [0.29, 0.717) is 12.0 Å². The molecule has 4 nitrogen and oxygen atoms in total. The zero-order chi connectivity index (χ0) is 16.0. The summed E-state index contributed by atoms with van der Waals surface area (Å²) in [6.07, 6.45) is 6.38. The predicted molar refractivity (Wildman–Crippen MR) is 84.3 cm³/mol. The lowest BCUT2D eigenvalue weighted by atomic mass is 9.81. The number of halogens is 1. The summed E-state index contributed by atoms with van der Waals surface area (Å²) in [7, 11) is 0. The first-order valence-corrected chi connectivity index (χ1v) is 8.32. The standard InChI is InChI=1S/C18H21FN2O2/c19-14-3-1-2-13-16-9-20-10-21(16)15(18(13)14)8-17(23)11-4-6-12(22)7-5-11/h1-3,9-12,15,17,22-23H,4-8H2/t11-,12+,15-,17+/m0/s1. The average Bonchev–Trinajstić information content (AvgIpc) is 3.12. The van der Waals surface area contributed by atoms with Crippen LogP contribution in [0.15, 0.2) is 30.7 Å². The zero-order valence-electron chi connectivity index (χ0n) is 12.9. The Bertz CT molecular complexity index is 707. The maximum Gasteiger partial charge on any atom is 0.129 e. The molecule has 1 aromatic carbocycles. The molecule has 2 heterocycles. The lowest BCUT2D eigenvalue weighted by Gasteiger charge is -2.31. The van der Waals surface area contributed by atoms with Gasteiger partial charge in [-0.15, -0.1) is 0 Å². The Morgan fingerprint density at radius 2 is 2.04 bits per heavy atom. The van der Waals surface area contributed by atoms with Gasteiger partial charge in [0.25, 0.3) is 0 Å². The van der Waals surface area contributed by atoms with Crippen LogP contribution in [0.5, 0.6) is 0 Å². The lowest BCUT2D eigenvalue weighted by molar-refractivity contribution is 0.0328. The van der Waals surface area contributed by atoms with E-state index in [1.54, 1.807) is 18.6 Å². The molecule has 0 spiro atoms. The van der Waals surface area contributed by atoms with Crippen molar-refractivity contribution in [1.29, 1.82) is 0 Å². The van der Waals surface area contributed by atoms with Crippen molar-refractivity contribution in [2.24, 2.45) is 5.92 Å². The highest BCUT2D eigenvalue weighted by molar-refractivity contribution is 5.69.